The third kappa shape index (κ3) is 5.68. The standard InChI is InChI=1S/C12H16N2O6.C10H13N5O4/c1-6-4-14(12(18)13-11(6)17)10-3-8(19-7(2)16)9(5-15)20-10;11-8-5-9(13-2-12-8)15(3-14-5)10-7(18)6(17)4(1-16)19-10/h4,8-10,15H,3,5H2,1-2H3,(H,13,17,18);2-4,6-7,10,16-18H,1H2,(H2,11,12,13)/t8-,9+,10+;4-,6-,7-,10-/m01/s1. The molecule has 7 atom stereocenters. The summed E-state index contributed by atoms with van der Waals surface area (Å²) >= 11 is 0. The van der Waals surface area contributed by atoms with Crippen LogP contribution in [-0.4, -0.2) is 99.2 Å². The number of nitrogens with two attached hydrogens (primary N) is 1. The number of anilines is 1. The van der Waals surface area contributed by atoms with Crippen LogP contribution in [0.1, 0.15) is 31.4 Å². The highest BCUT2D eigenvalue weighted by molar-refractivity contribution is 5.81. The Morgan fingerprint density at radius 3 is 2.49 bits per heavy atom. The first-order valence-electron chi connectivity index (χ1n) is 11.9. The van der Waals surface area contributed by atoms with Crippen LogP contribution in [0.3, 0.4) is 0 Å². The van der Waals surface area contributed by atoms with E-state index < -0.39 is 66.8 Å². The van der Waals surface area contributed by atoms with Gasteiger partial charge in [-0.1, -0.05) is 0 Å². The maximum Gasteiger partial charge on any atom is 0.330 e. The van der Waals surface area contributed by atoms with Crippen molar-refractivity contribution >= 4 is 23.0 Å². The van der Waals surface area contributed by atoms with Crippen LogP contribution >= 0.6 is 0 Å². The lowest BCUT2D eigenvalue weighted by Gasteiger charge is -2.16. The number of rotatable bonds is 5. The second kappa shape index (κ2) is 11.6. The molecular formula is C22H29N7O10. The van der Waals surface area contributed by atoms with E-state index in [-0.39, 0.29) is 18.8 Å². The molecule has 0 aromatic carbocycles. The van der Waals surface area contributed by atoms with Gasteiger partial charge in [0.25, 0.3) is 5.56 Å². The monoisotopic (exact) mass is 551 g/mol. The number of aromatic nitrogens is 6. The summed E-state index contributed by atoms with van der Waals surface area (Å²) in [6.07, 6.45) is -1.82. The Morgan fingerprint density at radius 2 is 1.85 bits per heavy atom. The number of aryl methyl sites for hydroxylation is 1. The second-order valence-corrected chi connectivity index (χ2v) is 8.99. The first-order valence-corrected chi connectivity index (χ1v) is 11.9. The molecule has 3 aromatic rings. The van der Waals surface area contributed by atoms with Crippen LogP contribution in [0.4, 0.5) is 5.82 Å². The number of ether oxygens (including phenoxy) is 3. The number of aromatic amines is 1. The smallest absolute Gasteiger partial charge is 0.330 e. The number of H-pyrrole nitrogens is 1. The Hall–Kier alpha value is -3.74. The molecule has 0 saturated carbocycles. The van der Waals surface area contributed by atoms with E-state index in [1.807, 2.05) is 0 Å². The summed E-state index contributed by atoms with van der Waals surface area (Å²) in [5.74, 6) is -0.266. The molecule has 2 saturated heterocycles. The number of aliphatic hydroxyl groups is 4. The van der Waals surface area contributed by atoms with E-state index in [0.29, 0.717) is 16.7 Å². The number of fused-ring (bicyclic) bond motifs is 1. The van der Waals surface area contributed by atoms with Gasteiger partial charge in [0, 0.05) is 25.1 Å². The minimum atomic E-state index is -1.19. The summed E-state index contributed by atoms with van der Waals surface area (Å²) in [5.41, 5.74) is 5.75. The fraction of sp³-hybridized carbons (Fsp3) is 0.545. The van der Waals surface area contributed by atoms with Crippen LogP contribution in [0.5, 0.6) is 0 Å². The quantitative estimate of drug-likeness (QED) is 0.174. The number of nitrogen functional groups attached to an aromatic ring is 1. The second-order valence-electron chi connectivity index (χ2n) is 8.99. The summed E-state index contributed by atoms with van der Waals surface area (Å²) in [6.45, 7) is 2.11. The van der Waals surface area contributed by atoms with Crippen LogP contribution in [-0.2, 0) is 19.0 Å². The Bertz CT molecular complexity index is 1440. The van der Waals surface area contributed by atoms with E-state index in [1.54, 1.807) is 6.92 Å². The molecule has 5 heterocycles. The van der Waals surface area contributed by atoms with Crippen molar-refractivity contribution in [1.82, 2.24) is 29.1 Å². The topological polar surface area (TPSA) is 250 Å². The van der Waals surface area contributed by atoms with Crippen LogP contribution in [0, 0.1) is 6.92 Å². The summed E-state index contributed by atoms with van der Waals surface area (Å²) in [5, 5.41) is 38.0. The number of esters is 1. The first-order chi connectivity index (χ1) is 18.5. The van der Waals surface area contributed by atoms with Gasteiger partial charge < -0.3 is 40.4 Å². The van der Waals surface area contributed by atoms with Crippen molar-refractivity contribution in [3.63, 3.8) is 0 Å². The third-order valence-corrected chi connectivity index (χ3v) is 6.31. The Balaban J connectivity index is 0.000000181. The lowest BCUT2D eigenvalue weighted by atomic mass is 10.1. The highest BCUT2D eigenvalue weighted by atomic mass is 16.6. The molecule has 7 N–H and O–H groups in total. The number of imidazole rings is 1. The van der Waals surface area contributed by atoms with Crippen LogP contribution < -0.4 is 17.0 Å². The number of hydrogen-bond donors (Lipinski definition) is 6. The average Bonchev–Trinajstić information content (AvgIpc) is 3.58. The van der Waals surface area contributed by atoms with E-state index in [0.717, 1.165) is 0 Å². The van der Waals surface area contributed by atoms with Gasteiger partial charge in [-0.2, -0.15) is 0 Å². The fourth-order valence-corrected chi connectivity index (χ4v) is 4.34. The summed E-state index contributed by atoms with van der Waals surface area (Å²) in [4.78, 5) is 48.1. The lowest BCUT2D eigenvalue weighted by Crippen LogP contribution is -2.33. The van der Waals surface area contributed by atoms with Crippen molar-refractivity contribution in [2.45, 2.75) is 63.2 Å². The van der Waals surface area contributed by atoms with Gasteiger partial charge in [-0.15, -0.1) is 0 Å². The molecule has 2 fully saturated rings. The molecule has 0 bridgehead atoms. The number of nitrogens with one attached hydrogen (secondary N) is 1. The van der Waals surface area contributed by atoms with E-state index in [1.165, 1.54) is 34.9 Å². The predicted octanol–water partition coefficient (Wildman–Crippen LogP) is -2.92. The van der Waals surface area contributed by atoms with Crippen molar-refractivity contribution in [2.75, 3.05) is 18.9 Å². The Morgan fingerprint density at radius 1 is 1.13 bits per heavy atom. The van der Waals surface area contributed by atoms with Crippen LogP contribution in [0.2, 0.25) is 0 Å². The van der Waals surface area contributed by atoms with E-state index in [9.17, 15) is 29.7 Å². The van der Waals surface area contributed by atoms with Crippen LogP contribution in [0.25, 0.3) is 11.2 Å². The van der Waals surface area contributed by atoms with E-state index in [2.05, 4.69) is 19.9 Å². The Labute approximate surface area is 219 Å². The molecular weight excluding hydrogens is 522 g/mol. The molecule has 3 aromatic heterocycles. The van der Waals surface area contributed by atoms with E-state index >= 15 is 0 Å². The predicted molar refractivity (Wildman–Crippen MR) is 130 cm³/mol. The molecule has 39 heavy (non-hydrogen) atoms. The number of carbonyl (C=O) groups excluding carboxylic acids is 1. The van der Waals surface area contributed by atoms with E-state index in [4.69, 9.17) is 25.1 Å². The minimum Gasteiger partial charge on any atom is -0.460 e. The number of carbonyl (C=O) groups is 1. The first kappa shape index (κ1) is 28.3. The maximum absolute atomic E-state index is 11.8. The molecule has 0 spiro atoms. The van der Waals surface area contributed by atoms with Crippen molar-refractivity contribution < 1.29 is 39.4 Å². The molecule has 5 rings (SSSR count). The molecule has 0 unspecified atom stereocenters. The third-order valence-electron chi connectivity index (χ3n) is 6.31. The highest BCUT2D eigenvalue weighted by Crippen LogP contribution is 2.32. The molecule has 0 radical (unpaired) electrons. The van der Waals surface area contributed by atoms with Crippen molar-refractivity contribution in [3.05, 3.63) is 45.3 Å². The van der Waals surface area contributed by atoms with Gasteiger partial charge in [-0.3, -0.25) is 23.7 Å². The van der Waals surface area contributed by atoms with Crippen molar-refractivity contribution in [2.24, 2.45) is 0 Å². The lowest BCUT2D eigenvalue weighted by molar-refractivity contribution is -0.150. The van der Waals surface area contributed by atoms with Gasteiger partial charge in [-0.25, -0.2) is 19.7 Å². The molecule has 0 aliphatic carbocycles. The zero-order valence-corrected chi connectivity index (χ0v) is 20.9. The molecule has 17 nitrogen and oxygen atoms in total. The SMILES string of the molecule is CC(=O)O[C@H]1C[C@H](n2cc(C)c(=O)[nH]c2=O)O[C@@H]1CO.Nc1ncnc2c1ncn2[C@@H]1O[C@H](CO)[C@@H](O)[C@H]1O. The minimum absolute atomic E-state index is 0.218. The zero-order valence-electron chi connectivity index (χ0n) is 20.9. The zero-order chi connectivity index (χ0) is 28.4. The van der Waals surface area contributed by atoms with Gasteiger partial charge in [0.05, 0.1) is 19.5 Å². The van der Waals surface area contributed by atoms with Gasteiger partial charge in [0.15, 0.2) is 17.7 Å². The largest absolute Gasteiger partial charge is 0.460 e. The van der Waals surface area contributed by atoms with Crippen LogP contribution in [0.15, 0.2) is 28.4 Å². The molecule has 0 amide bonds. The van der Waals surface area contributed by atoms with Gasteiger partial charge in [0.2, 0.25) is 0 Å². The molecule has 2 aliphatic heterocycles. The molecule has 17 heteroatoms. The summed E-state index contributed by atoms with van der Waals surface area (Å²) < 4.78 is 18.6. The normalized spacial score (nSPS) is 28.3. The number of aliphatic hydroxyl groups excluding tert-OH is 4. The van der Waals surface area contributed by atoms with Gasteiger partial charge in [-0.05, 0) is 6.92 Å². The van der Waals surface area contributed by atoms with Crippen molar-refractivity contribution in [1.29, 1.82) is 0 Å². The maximum atomic E-state index is 11.8. The van der Waals surface area contributed by atoms with Gasteiger partial charge in [0.1, 0.15) is 48.6 Å². The number of hydrogen-bond acceptors (Lipinski definition) is 14. The summed E-state index contributed by atoms with van der Waals surface area (Å²) in [6, 6.07) is 0. The summed E-state index contributed by atoms with van der Waals surface area (Å²) in [7, 11) is 0. The number of nitrogens with zero attached hydrogens (tertiary/aromatic N) is 5. The Kier molecular flexibility index (Phi) is 8.38. The van der Waals surface area contributed by atoms with Gasteiger partial charge >= 0.3 is 11.7 Å². The average molecular weight is 552 g/mol. The fourth-order valence-electron chi connectivity index (χ4n) is 4.34. The highest BCUT2D eigenvalue weighted by Gasteiger charge is 2.44. The molecule has 212 valence electrons. The van der Waals surface area contributed by atoms with Crippen molar-refractivity contribution in [3.8, 4) is 0 Å². The molecule has 2 aliphatic rings.